The van der Waals surface area contributed by atoms with Crippen molar-refractivity contribution in [3.63, 3.8) is 0 Å². The average molecular weight is 199 g/mol. The largest absolute Gasteiger partial charge is 0.321 e. The van der Waals surface area contributed by atoms with Crippen LogP contribution in [0.15, 0.2) is 23.1 Å². The van der Waals surface area contributed by atoms with Crippen LogP contribution in [0.3, 0.4) is 0 Å². The number of hydrogen-bond acceptors (Lipinski definition) is 3. The van der Waals surface area contributed by atoms with E-state index in [-0.39, 0.29) is 16.4 Å². The lowest BCUT2D eigenvalue weighted by Crippen LogP contribution is -2.24. The molecule has 5 nitrogen and oxygen atoms in total. The van der Waals surface area contributed by atoms with E-state index in [1.54, 1.807) is 0 Å². The lowest BCUT2D eigenvalue weighted by Gasteiger charge is -2.18. The molecule has 1 heterocycles. The van der Waals surface area contributed by atoms with Gasteiger partial charge in [0.05, 0.1) is 16.1 Å². The lowest BCUT2D eigenvalue weighted by atomic mass is 10.1. The number of carbonyl (C=O) groups is 1. The van der Waals surface area contributed by atoms with Gasteiger partial charge in [-0.05, 0) is 18.2 Å². The van der Waals surface area contributed by atoms with Crippen LogP contribution in [-0.4, -0.2) is 18.9 Å². The minimum Gasteiger partial charge on any atom is -0.321 e. The predicted molar refractivity (Wildman–Crippen MR) is 44.2 cm³/mol. The van der Waals surface area contributed by atoms with Gasteiger partial charge < -0.3 is 5.32 Å². The second-order valence-corrected chi connectivity index (χ2v) is 4.06. The normalized spacial score (nSPS) is 14.4. The van der Waals surface area contributed by atoms with Crippen molar-refractivity contribution in [1.29, 1.82) is 0 Å². The van der Waals surface area contributed by atoms with Crippen LogP contribution < -0.4 is 5.32 Å². The van der Waals surface area contributed by atoms with Crippen molar-refractivity contribution in [3.05, 3.63) is 23.8 Å². The summed E-state index contributed by atoms with van der Waals surface area (Å²) < 4.78 is 30.0. The summed E-state index contributed by atoms with van der Waals surface area (Å²) in [5.41, 5.74) is 0.868. The van der Waals surface area contributed by atoms with Gasteiger partial charge in [0.1, 0.15) is 0 Å². The molecule has 0 atom stereocenters. The van der Waals surface area contributed by atoms with E-state index in [1.807, 2.05) is 0 Å². The zero-order valence-corrected chi connectivity index (χ0v) is 7.13. The summed E-state index contributed by atoms with van der Waals surface area (Å²) in [7, 11) is -4.21. The van der Waals surface area contributed by atoms with Gasteiger partial charge in [-0.2, -0.15) is 8.42 Å². The van der Waals surface area contributed by atoms with Gasteiger partial charge in [0.15, 0.2) is 0 Å². The Morgan fingerprint density at radius 3 is 2.54 bits per heavy atom. The molecular formula is C7H5NO4S. The molecule has 0 aromatic heterocycles. The van der Waals surface area contributed by atoms with Gasteiger partial charge in [-0.15, -0.1) is 0 Å². The number of amides is 1. The number of nitrogens with one attached hydrogen (secondary N) is 1. The third-order valence-corrected chi connectivity index (χ3v) is 2.63. The van der Waals surface area contributed by atoms with E-state index in [1.165, 1.54) is 12.1 Å². The van der Waals surface area contributed by atoms with Crippen molar-refractivity contribution in [1.82, 2.24) is 0 Å². The Labute approximate surface area is 74.1 Å². The first-order valence-corrected chi connectivity index (χ1v) is 4.85. The minimum absolute atomic E-state index is 0.263. The minimum atomic E-state index is -4.21. The van der Waals surface area contributed by atoms with Crippen molar-refractivity contribution >= 4 is 21.7 Å². The molecule has 6 heteroatoms. The van der Waals surface area contributed by atoms with E-state index in [0.29, 0.717) is 5.69 Å². The highest BCUT2D eigenvalue weighted by molar-refractivity contribution is 7.85. The van der Waals surface area contributed by atoms with E-state index in [0.717, 1.165) is 6.07 Å². The average Bonchev–Trinajstić information content (AvgIpc) is 2.00. The number of fused-ring (bicyclic) bond motifs is 1. The van der Waals surface area contributed by atoms with Crippen LogP contribution in [0.5, 0.6) is 0 Å². The second-order valence-electron chi connectivity index (χ2n) is 2.64. The number of anilines is 1. The molecule has 1 aliphatic heterocycles. The van der Waals surface area contributed by atoms with Crippen LogP contribution in [-0.2, 0) is 10.1 Å². The van der Waals surface area contributed by atoms with Crippen LogP contribution in [0, 0.1) is 0 Å². The smallest absolute Gasteiger partial charge is 0.294 e. The van der Waals surface area contributed by atoms with Crippen molar-refractivity contribution in [2.45, 2.75) is 4.90 Å². The molecule has 0 unspecified atom stereocenters. The standard InChI is InChI=1S/C7H5NO4S/c9-7-5-3-4(13(10,11)12)1-2-6(5)8-7/h1-3H,(H,8,9)(H,10,11,12). The van der Waals surface area contributed by atoms with Crippen LogP contribution in [0.2, 0.25) is 0 Å². The Bertz CT molecular complexity index is 491. The third-order valence-electron chi connectivity index (χ3n) is 1.78. The first-order valence-electron chi connectivity index (χ1n) is 3.41. The summed E-state index contributed by atoms with van der Waals surface area (Å²) >= 11 is 0. The van der Waals surface area contributed by atoms with Crippen molar-refractivity contribution in [2.75, 3.05) is 5.32 Å². The van der Waals surface area contributed by atoms with E-state index in [4.69, 9.17) is 4.55 Å². The Kier molecular flexibility index (Phi) is 1.45. The molecule has 0 saturated carbocycles. The van der Waals surface area contributed by atoms with Crippen molar-refractivity contribution < 1.29 is 17.8 Å². The van der Waals surface area contributed by atoms with E-state index in [2.05, 4.69) is 5.32 Å². The maximum Gasteiger partial charge on any atom is 0.294 e. The molecule has 1 amide bonds. The number of benzene rings is 1. The van der Waals surface area contributed by atoms with Crippen LogP contribution >= 0.6 is 0 Å². The maximum absolute atomic E-state index is 10.8. The Balaban J connectivity index is 2.60. The highest BCUT2D eigenvalue weighted by atomic mass is 32.2. The van der Waals surface area contributed by atoms with Gasteiger partial charge in [-0.25, -0.2) is 0 Å². The van der Waals surface area contributed by atoms with E-state index in [9.17, 15) is 13.2 Å². The summed E-state index contributed by atoms with van der Waals surface area (Å²) in [6.45, 7) is 0. The molecule has 2 N–H and O–H groups in total. The lowest BCUT2D eigenvalue weighted by molar-refractivity contribution is 0.101. The molecule has 0 saturated heterocycles. The highest BCUT2D eigenvalue weighted by Crippen LogP contribution is 2.27. The molecule has 1 aromatic carbocycles. The summed E-state index contributed by atoms with van der Waals surface area (Å²) in [6.07, 6.45) is 0. The summed E-state index contributed by atoms with van der Waals surface area (Å²) in [5.74, 6) is -0.333. The fourth-order valence-corrected chi connectivity index (χ4v) is 1.61. The van der Waals surface area contributed by atoms with Gasteiger partial charge in [0.2, 0.25) is 0 Å². The zero-order valence-electron chi connectivity index (χ0n) is 6.31. The number of hydrogen-bond donors (Lipinski definition) is 2. The molecule has 1 aliphatic rings. The van der Waals surface area contributed by atoms with Gasteiger partial charge in [-0.3, -0.25) is 9.35 Å². The van der Waals surface area contributed by atoms with Crippen LogP contribution in [0.25, 0.3) is 0 Å². The molecule has 0 bridgehead atoms. The van der Waals surface area contributed by atoms with E-state index < -0.39 is 10.1 Å². The maximum atomic E-state index is 10.8. The van der Waals surface area contributed by atoms with Crippen molar-refractivity contribution in [2.24, 2.45) is 0 Å². The number of rotatable bonds is 1. The zero-order chi connectivity index (χ0) is 9.64. The summed E-state index contributed by atoms with van der Waals surface area (Å²) in [5, 5.41) is 2.45. The SMILES string of the molecule is O=C1Nc2ccc(S(=O)(=O)O)cc21. The van der Waals surface area contributed by atoms with Gasteiger partial charge in [-0.1, -0.05) is 0 Å². The van der Waals surface area contributed by atoms with Gasteiger partial charge in [0.25, 0.3) is 16.0 Å². The monoisotopic (exact) mass is 199 g/mol. The van der Waals surface area contributed by atoms with Gasteiger partial charge in [0, 0.05) is 0 Å². The van der Waals surface area contributed by atoms with E-state index >= 15 is 0 Å². The molecule has 0 aliphatic carbocycles. The predicted octanol–water partition coefficient (Wildman–Crippen LogP) is 0.499. The fraction of sp³-hybridized carbons (Fsp3) is 0. The Hall–Kier alpha value is -1.40. The fourth-order valence-electron chi connectivity index (χ4n) is 1.11. The molecule has 68 valence electrons. The van der Waals surface area contributed by atoms with Crippen LogP contribution in [0.4, 0.5) is 5.69 Å². The first-order chi connectivity index (χ1) is 5.98. The summed E-state index contributed by atoms with van der Waals surface area (Å²) in [4.78, 5) is 10.6. The Morgan fingerprint density at radius 2 is 2.00 bits per heavy atom. The first kappa shape index (κ1) is 8.21. The topological polar surface area (TPSA) is 83.5 Å². The second kappa shape index (κ2) is 2.30. The quantitative estimate of drug-likeness (QED) is 0.645. The summed E-state index contributed by atoms with van der Waals surface area (Å²) in [6, 6.07) is 3.80. The molecule has 0 radical (unpaired) electrons. The molecule has 2 rings (SSSR count). The molecule has 0 spiro atoms. The van der Waals surface area contributed by atoms with Crippen LogP contribution in [0.1, 0.15) is 10.4 Å². The van der Waals surface area contributed by atoms with Gasteiger partial charge >= 0.3 is 0 Å². The highest BCUT2D eigenvalue weighted by Gasteiger charge is 2.24. The Morgan fingerprint density at radius 1 is 1.31 bits per heavy atom. The molecular weight excluding hydrogens is 194 g/mol. The number of carbonyl (C=O) groups excluding carboxylic acids is 1. The van der Waals surface area contributed by atoms with Crippen molar-refractivity contribution in [3.8, 4) is 0 Å². The molecule has 13 heavy (non-hydrogen) atoms. The molecule has 0 fully saturated rings. The third kappa shape index (κ3) is 1.20. The molecule has 1 aromatic rings.